The Labute approximate surface area is 329 Å². The smallest absolute Gasteiger partial charge is 0.403 e. The first-order valence-corrected chi connectivity index (χ1v) is 17.5. The van der Waals surface area contributed by atoms with Crippen molar-refractivity contribution < 1.29 is 38.6 Å². The Balaban J connectivity index is 1.27. The minimum atomic E-state index is -3.28. The highest BCUT2D eigenvalue weighted by Gasteiger charge is 2.54. The third-order valence-corrected chi connectivity index (χ3v) is 11.0. The fourth-order valence-corrected chi connectivity index (χ4v) is 6.76. The van der Waals surface area contributed by atoms with Crippen molar-refractivity contribution in [2.75, 3.05) is 0 Å². The van der Waals surface area contributed by atoms with Crippen molar-refractivity contribution in [1.29, 1.82) is 0 Å². The summed E-state index contributed by atoms with van der Waals surface area (Å²) in [5, 5.41) is 43.3. The molecule has 0 aliphatic carbocycles. The molecule has 7 heterocycles. The van der Waals surface area contributed by atoms with Crippen LogP contribution in [0.15, 0.2) is 97.8 Å². The molecule has 1 saturated heterocycles. The maximum absolute atomic E-state index is 13.0. The van der Waals surface area contributed by atoms with E-state index in [0.717, 1.165) is 18.5 Å². The molecule has 1 fully saturated rings. The van der Waals surface area contributed by atoms with E-state index in [1.54, 1.807) is 52.0 Å². The SMILES string of the molecule is [B]C([B])(c1cnc2c(c1)c(=O)oc1ncccc12)C(O)(O)c1cc(B2OC(C)(C)C(C)(C)O2)cc(C(O)(O)C([B])([B])c2cnc3c(c2)c(=O)oc2ncccc23)c1. The molecule has 1 aliphatic rings. The largest absolute Gasteiger partial charge is 0.494 e. The van der Waals surface area contributed by atoms with E-state index >= 15 is 0 Å². The lowest BCUT2D eigenvalue weighted by Crippen LogP contribution is -2.53. The van der Waals surface area contributed by atoms with Gasteiger partial charge in [0.15, 0.2) is 11.6 Å². The van der Waals surface area contributed by atoms with Crippen LogP contribution < -0.4 is 16.7 Å². The number of nitrogens with zero attached hydrogens (tertiary/aromatic N) is 4. The van der Waals surface area contributed by atoms with Crippen molar-refractivity contribution in [2.24, 2.45) is 0 Å². The van der Waals surface area contributed by atoms with E-state index in [1.165, 1.54) is 36.7 Å². The number of hydrogen-bond acceptors (Lipinski definition) is 14. The van der Waals surface area contributed by atoms with E-state index < -0.39 is 62.7 Å². The summed E-state index contributed by atoms with van der Waals surface area (Å²) in [7, 11) is 24.9. The lowest BCUT2D eigenvalue weighted by atomic mass is 9.45. The molecular weight excluding hydrogens is 726 g/mol. The first-order chi connectivity index (χ1) is 26.6. The van der Waals surface area contributed by atoms with Crippen molar-refractivity contribution in [3.63, 3.8) is 0 Å². The number of benzene rings is 1. The van der Waals surface area contributed by atoms with E-state index in [2.05, 4.69) is 19.9 Å². The summed E-state index contributed by atoms with van der Waals surface area (Å²) in [6.07, 6.45) is 5.20. The standard InChI is InChI=1S/C38H29B5N4O10/c1-33(2)34(3,4)57-43(56-33)22-12-18(37(50,51)35(39,40)20-14-25-27(46-16-20)23-7-5-9-44-29(23)54-31(25)48)11-19(13-22)38(52,53)36(41,42)21-15-26-28(47-17-21)24-8-6-10-45-30(24)55-32(26)49/h5-17,50-53H,1-4H3. The van der Waals surface area contributed by atoms with Gasteiger partial charge in [0.1, 0.15) is 0 Å². The minimum absolute atomic E-state index is 0.0360. The first kappa shape index (κ1) is 38.7. The molecule has 0 spiro atoms. The van der Waals surface area contributed by atoms with Crippen molar-refractivity contribution >= 4 is 88.0 Å². The molecule has 7 aromatic rings. The molecule has 0 unspecified atom stereocenters. The molecule has 8 radical (unpaired) electrons. The average Bonchev–Trinajstić information content (AvgIpc) is 3.39. The predicted octanol–water partition coefficient (Wildman–Crippen LogP) is 0.740. The van der Waals surface area contributed by atoms with Gasteiger partial charge in [0.25, 0.3) is 0 Å². The lowest BCUT2D eigenvalue weighted by molar-refractivity contribution is -0.188. The van der Waals surface area contributed by atoms with Gasteiger partial charge in [0.05, 0.1) is 75.2 Å². The summed E-state index contributed by atoms with van der Waals surface area (Å²) in [6, 6.07) is 12.3. The number of hydrogen-bond donors (Lipinski definition) is 4. The summed E-state index contributed by atoms with van der Waals surface area (Å²) in [5.41, 5.74) is -4.46. The van der Waals surface area contributed by atoms with Gasteiger partial charge < -0.3 is 38.6 Å². The first-order valence-electron chi connectivity index (χ1n) is 17.5. The van der Waals surface area contributed by atoms with Crippen LogP contribution in [0.4, 0.5) is 0 Å². The molecule has 57 heavy (non-hydrogen) atoms. The van der Waals surface area contributed by atoms with Crippen LogP contribution >= 0.6 is 0 Å². The van der Waals surface area contributed by atoms with Crippen molar-refractivity contribution in [3.8, 4) is 0 Å². The molecule has 276 valence electrons. The summed E-state index contributed by atoms with van der Waals surface area (Å²) in [6.45, 7) is 7.12. The van der Waals surface area contributed by atoms with Crippen molar-refractivity contribution in [1.82, 2.24) is 19.9 Å². The second-order valence-electron chi connectivity index (χ2n) is 15.2. The summed E-state index contributed by atoms with van der Waals surface area (Å²) in [5.74, 6) is -6.56. The van der Waals surface area contributed by atoms with Crippen molar-refractivity contribution in [3.05, 3.63) is 122 Å². The van der Waals surface area contributed by atoms with Gasteiger partial charge in [-0.1, -0.05) is 12.1 Å². The average molecular weight is 756 g/mol. The van der Waals surface area contributed by atoms with E-state index in [-0.39, 0.29) is 49.8 Å². The highest BCUT2D eigenvalue weighted by atomic mass is 16.7. The predicted molar refractivity (Wildman–Crippen MR) is 212 cm³/mol. The monoisotopic (exact) mass is 756 g/mol. The Hall–Kier alpha value is -5.16. The zero-order chi connectivity index (χ0) is 41.1. The summed E-state index contributed by atoms with van der Waals surface area (Å²) >= 11 is 0. The van der Waals surface area contributed by atoms with E-state index in [1.807, 2.05) is 0 Å². The molecular formula is C38H29B5N4O10. The third kappa shape index (κ3) is 5.86. The van der Waals surface area contributed by atoms with Gasteiger partial charge in [-0.05, 0) is 97.2 Å². The molecule has 8 rings (SSSR count). The molecule has 0 atom stereocenters. The quantitative estimate of drug-likeness (QED) is 0.101. The summed E-state index contributed by atoms with van der Waals surface area (Å²) < 4.78 is 23.1. The summed E-state index contributed by atoms with van der Waals surface area (Å²) in [4.78, 5) is 42.8. The fourth-order valence-electron chi connectivity index (χ4n) is 6.76. The second kappa shape index (κ2) is 12.7. The van der Waals surface area contributed by atoms with Crippen LogP contribution in [-0.2, 0) is 31.3 Å². The zero-order valence-corrected chi connectivity index (χ0v) is 30.9. The van der Waals surface area contributed by atoms with Crippen LogP contribution in [-0.4, -0.2) is 90.1 Å². The Morgan fingerprint density at radius 3 is 1.39 bits per heavy atom. The van der Waals surface area contributed by atoms with Crippen LogP contribution in [0.2, 0.25) is 0 Å². The number of rotatable bonds is 7. The normalized spacial score (nSPS) is 16.2. The third-order valence-electron chi connectivity index (χ3n) is 11.0. The molecule has 1 aliphatic heterocycles. The molecule has 1 aromatic carbocycles. The number of aliphatic hydroxyl groups is 4. The van der Waals surface area contributed by atoms with Crippen molar-refractivity contribution in [2.45, 2.75) is 60.9 Å². The Morgan fingerprint density at radius 1 is 0.579 bits per heavy atom. The molecule has 4 N–H and O–H groups in total. The van der Waals surface area contributed by atoms with Crippen LogP contribution in [0.1, 0.15) is 49.9 Å². The van der Waals surface area contributed by atoms with Crippen LogP contribution in [0.5, 0.6) is 0 Å². The highest BCUT2D eigenvalue weighted by Crippen LogP contribution is 2.42. The maximum atomic E-state index is 13.0. The lowest BCUT2D eigenvalue weighted by Gasteiger charge is -2.43. The second-order valence-corrected chi connectivity index (χ2v) is 15.2. The molecule has 6 aromatic heterocycles. The van der Waals surface area contributed by atoms with Crippen LogP contribution in [0.3, 0.4) is 0 Å². The van der Waals surface area contributed by atoms with Gasteiger partial charge in [-0.15, -0.1) is 0 Å². The molecule has 0 amide bonds. The Kier molecular flexibility index (Phi) is 8.60. The molecule has 19 heteroatoms. The van der Waals surface area contributed by atoms with E-state index in [4.69, 9.17) is 49.5 Å². The van der Waals surface area contributed by atoms with Gasteiger partial charge in [-0.3, -0.25) is 9.97 Å². The van der Waals surface area contributed by atoms with E-state index in [0.29, 0.717) is 10.8 Å². The van der Waals surface area contributed by atoms with Gasteiger partial charge in [-0.2, -0.15) is 0 Å². The van der Waals surface area contributed by atoms with Gasteiger partial charge in [0.2, 0.25) is 11.4 Å². The topological polar surface area (TPSA) is 211 Å². The Morgan fingerprint density at radius 2 is 0.982 bits per heavy atom. The van der Waals surface area contributed by atoms with Gasteiger partial charge in [0, 0.05) is 35.9 Å². The number of fused-ring (bicyclic) bond motifs is 6. The number of pyridine rings is 4. The van der Waals surface area contributed by atoms with Gasteiger partial charge in [-0.25, -0.2) is 19.6 Å². The highest BCUT2D eigenvalue weighted by molar-refractivity contribution is 6.62. The molecule has 0 saturated carbocycles. The zero-order valence-electron chi connectivity index (χ0n) is 30.9. The Bertz CT molecular complexity index is 2720. The van der Waals surface area contributed by atoms with Crippen LogP contribution in [0.25, 0.3) is 44.0 Å². The molecule has 14 nitrogen and oxygen atoms in total. The molecule has 0 bridgehead atoms. The fraction of sp³-hybridized carbons (Fsp3) is 0.263. The van der Waals surface area contributed by atoms with Gasteiger partial charge >= 0.3 is 18.4 Å². The maximum Gasteiger partial charge on any atom is 0.494 e. The number of aromatic nitrogens is 4. The van der Waals surface area contributed by atoms with Crippen LogP contribution in [0, 0.1) is 0 Å². The van der Waals surface area contributed by atoms with E-state index in [9.17, 15) is 30.0 Å². The minimum Gasteiger partial charge on any atom is -0.403 e.